The maximum Gasteiger partial charge on any atom is 0.257 e. The molecule has 1 N–H and O–H groups in total. The van der Waals surface area contributed by atoms with Gasteiger partial charge >= 0.3 is 0 Å². The van der Waals surface area contributed by atoms with E-state index in [9.17, 15) is 4.79 Å². The van der Waals surface area contributed by atoms with Crippen LogP contribution in [-0.4, -0.2) is 28.9 Å². The van der Waals surface area contributed by atoms with Gasteiger partial charge in [-0.3, -0.25) is 15.0 Å². The molecule has 0 atom stereocenters. The lowest BCUT2D eigenvalue weighted by Gasteiger charge is -2.14. The Balaban J connectivity index is 1.44. The molecule has 2 aromatic carbocycles. The lowest BCUT2D eigenvalue weighted by molar-refractivity contribution is 0.102. The van der Waals surface area contributed by atoms with Crippen LogP contribution in [0.3, 0.4) is 0 Å². The summed E-state index contributed by atoms with van der Waals surface area (Å²) < 4.78 is 0. The first-order chi connectivity index (χ1) is 12.8. The number of nitrogens with zero attached hydrogens (tertiary/aromatic N) is 2. The van der Waals surface area contributed by atoms with Gasteiger partial charge in [0.2, 0.25) is 0 Å². The van der Waals surface area contributed by atoms with Gasteiger partial charge in [-0.15, -0.1) is 11.3 Å². The fourth-order valence-corrected chi connectivity index (χ4v) is 3.97. The smallest absolute Gasteiger partial charge is 0.257 e. The molecule has 4 rings (SSSR count). The summed E-state index contributed by atoms with van der Waals surface area (Å²) in [6, 6.07) is 17.9. The summed E-state index contributed by atoms with van der Waals surface area (Å²) in [6.07, 6.45) is 2.54. The van der Waals surface area contributed by atoms with Crippen LogP contribution < -0.4 is 5.32 Å². The molecule has 0 spiro atoms. The van der Waals surface area contributed by atoms with E-state index in [-0.39, 0.29) is 5.91 Å². The minimum absolute atomic E-state index is 0.109. The fraction of sp³-hybridized carbons (Fsp3) is 0.238. The minimum Gasteiger partial charge on any atom is -0.299 e. The summed E-state index contributed by atoms with van der Waals surface area (Å²) in [7, 11) is 0. The van der Waals surface area contributed by atoms with Crippen LogP contribution in [-0.2, 0) is 6.54 Å². The van der Waals surface area contributed by atoms with Crippen molar-refractivity contribution < 1.29 is 4.79 Å². The van der Waals surface area contributed by atoms with Gasteiger partial charge in [0.25, 0.3) is 5.91 Å². The van der Waals surface area contributed by atoms with Crippen molar-refractivity contribution >= 4 is 22.4 Å². The normalized spacial score (nSPS) is 14.5. The summed E-state index contributed by atoms with van der Waals surface area (Å²) in [5.74, 6) is -0.109. The quantitative estimate of drug-likeness (QED) is 0.717. The highest BCUT2D eigenvalue weighted by Gasteiger charge is 2.14. The van der Waals surface area contributed by atoms with Gasteiger partial charge in [0, 0.05) is 23.1 Å². The molecule has 0 bridgehead atoms. The number of hydrogen-bond donors (Lipinski definition) is 1. The molecule has 1 aromatic heterocycles. The van der Waals surface area contributed by atoms with Gasteiger partial charge in [-0.2, -0.15) is 0 Å². The van der Waals surface area contributed by atoms with E-state index in [0.717, 1.165) is 30.9 Å². The predicted octanol–water partition coefficient (Wildman–Crippen LogP) is 4.66. The van der Waals surface area contributed by atoms with Crippen molar-refractivity contribution in [1.82, 2.24) is 9.88 Å². The zero-order valence-electron chi connectivity index (χ0n) is 14.5. The summed E-state index contributed by atoms with van der Waals surface area (Å²) in [4.78, 5) is 19.6. The number of likely N-dealkylation sites (tertiary alicyclic amines) is 1. The summed E-state index contributed by atoms with van der Waals surface area (Å²) in [5, 5.41) is 5.51. The van der Waals surface area contributed by atoms with Gasteiger partial charge in [-0.25, -0.2) is 4.98 Å². The Morgan fingerprint density at radius 2 is 1.88 bits per heavy atom. The van der Waals surface area contributed by atoms with Crippen LogP contribution in [0.5, 0.6) is 0 Å². The molecule has 0 aliphatic carbocycles. The van der Waals surface area contributed by atoms with Crippen LogP contribution in [0.15, 0.2) is 60.0 Å². The van der Waals surface area contributed by atoms with E-state index in [4.69, 9.17) is 0 Å². The van der Waals surface area contributed by atoms with Crippen molar-refractivity contribution in [2.24, 2.45) is 0 Å². The highest BCUT2D eigenvalue weighted by Crippen LogP contribution is 2.25. The van der Waals surface area contributed by atoms with Gasteiger partial charge < -0.3 is 0 Å². The molecule has 1 aliphatic rings. The van der Waals surface area contributed by atoms with Crippen molar-refractivity contribution in [2.75, 3.05) is 18.4 Å². The molecule has 0 saturated carbocycles. The average Bonchev–Trinajstić information content (AvgIpc) is 3.35. The van der Waals surface area contributed by atoms with Gasteiger partial charge in [-0.1, -0.05) is 42.5 Å². The second-order valence-corrected chi connectivity index (χ2v) is 7.40. The van der Waals surface area contributed by atoms with Crippen LogP contribution >= 0.6 is 11.3 Å². The molecule has 1 saturated heterocycles. The molecule has 0 unspecified atom stereocenters. The highest BCUT2D eigenvalue weighted by atomic mass is 32.1. The molecule has 132 valence electrons. The zero-order chi connectivity index (χ0) is 17.8. The molecule has 4 nitrogen and oxygen atoms in total. The molecule has 2 heterocycles. The molecule has 1 aliphatic heterocycles. The molecular weight excluding hydrogens is 342 g/mol. The van der Waals surface area contributed by atoms with Crippen molar-refractivity contribution in [2.45, 2.75) is 19.4 Å². The molecular formula is C21H21N3OS. The van der Waals surface area contributed by atoms with Gasteiger partial charge in [-0.05, 0) is 43.6 Å². The van der Waals surface area contributed by atoms with Crippen molar-refractivity contribution in [3.8, 4) is 11.3 Å². The maximum atomic E-state index is 12.6. The minimum atomic E-state index is -0.109. The lowest BCUT2D eigenvalue weighted by atomic mass is 10.1. The number of aromatic nitrogens is 1. The third-order valence-electron chi connectivity index (χ3n) is 4.59. The summed E-state index contributed by atoms with van der Waals surface area (Å²) in [6.45, 7) is 3.21. The van der Waals surface area contributed by atoms with E-state index in [2.05, 4.69) is 21.3 Å². The highest BCUT2D eigenvalue weighted by molar-refractivity contribution is 7.14. The van der Waals surface area contributed by atoms with E-state index >= 15 is 0 Å². The zero-order valence-corrected chi connectivity index (χ0v) is 15.3. The number of thiazole rings is 1. The predicted molar refractivity (Wildman–Crippen MR) is 106 cm³/mol. The Kier molecular flexibility index (Phi) is 5.09. The fourth-order valence-electron chi connectivity index (χ4n) is 3.25. The van der Waals surface area contributed by atoms with Gasteiger partial charge in [0.1, 0.15) is 0 Å². The third kappa shape index (κ3) is 4.00. The molecule has 1 fully saturated rings. The average molecular weight is 363 g/mol. The van der Waals surface area contributed by atoms with E-state index in [1.807, 2.05) is 53.9 Å². The number of anilines is 1. The molecule has 3 aromatic rings. The van der Waals surface area contributed by atoms with Crippen LogP contribution in [0.2, 0.25) is 0 Å². The second kappa shape index (κ2) is 7.81. The van der Waals surface area contributed by atoms with Gasteiger partial charge in [0.15, 0.2) is 5.13 Å². The molecule has 1 amide bonds. The van der Waals surface area contributed by atoms with Crippen LogP contribution in [0.4, 0.5) is 5.13 Å². The Morgan fingerprint density at radius 1 is 1.08 bits per heavy atom. The first-order valence-electron chi connectivity index (χ1n) is 8.91. The number of benzene rings is 2. The molecule has 0 radical (unpaired) electrons. The monoisotopic (exact) mass is 363 g/mol. The van der Waals surface area contributed by atoms with Crippen molar-refractivity contribution in [3.05, 3.63) is 71.1 Å². The molecule has 5 heteroatoms. The van der Waals surface area contributed by atoms with E-state index in [1.165, 1.54) is 29.7 Å². The van der Waals surface area contributed by atoms with Crippen LogP contribution in [0.25, 0.3) is 11.3 Å². The number of nitrogens with one attached hydrogen (secondary N) is 1. The SMILES string of the molecule is O=C(Nc1nc(-c2ccccc2)cs1)c1cccc(CN2CCCC2)c1. The molecule has 26 heavy (non-hydrogen) atoms. The topological polar surface area (TPSA) is 45.2 Å². The van der Waals surface area contributed by atoms with Crippen LogP contribution in [0, 0.1) is 0 Å². The van der Waals surface area contributed by atoms with Gasteiger partial charge in [0.05, 0.1) is 5.69 Å². The summed E-state index contributed by atoms with van der Waals surface area (Å²) in [5.41, 5.74) is 3.80. The Hall–Kier alpha value is -2.50. The second-order valence-electron chi connectivity index (χ2n) is 6.54. The Morgan fingerprint density at radius 3 is 2.69 bits per heavy atom. The Bertz CT molecular complexity index is 885. The Labute approximate surface area is 157 Å². The largest absolute Gasteiger partial charge is 0.299 e. The lowest BCUT2D eigenvalue weighted by Crippen LogP contribution is -2.19. The first kappa shape index (κ1) is 16.9. The van der Waals surface area contributed by atoms with E-state index in [0.29, 0.717) is 10.7 Å². The number of amides is 1. The number of carbonyl (C=O) groups excluding carboxylic acids is 1. The van der Waals surface area contributed by atoms with E-state index in [1.54, 1.807) is 0 Å². The third-order valence-corrected chi connectivity index (χ3v) is 5.35. The van der Waals surface area contributed by atoms with Crippen molar-refractivity contribution in [1.29, 1.82) is 0 Å². The summed E-state index contributed by atoms with van der Waals surface area (Å²) >= 11 is 1.45. The number of carbonyl (C=O) groups is 1. The number of rotatable bonds is 5. The number of hydrogen-bond acceptors (Lipinski definition) is 4. The van der Waals surface area contributed by atoms with E-state index < -0.39 is 0 Å². The maximum absolute atomic E-state index is 12.6. The standard InChI is InChI=1S/C21H21N3OS/c25-20(18-10-6-7-16(13-18)14-24-11-4-5-12-24)23-21-22-19(15-26-21)17-8-2-1-3-9-17/h1-3,6-10,13,15H,4-5,11-12,14H2,(H,22,23,25). The van der Waals surface area contributed by atoms with Crippen molar-refractivity contribution in [3.63, 3.8) is 0 Å². The van der Waals surface area contributed by atoms with Crippen LogP contribution in [0.1, 0.15) is 28.8 Å². The first-order valence-corrected chi connectivity index (χ1v) is 9.79.